The van der Waals surface area contributed by atoms with E-state index in [1.807, 2.05) is 18.6 Å². The predicted octanol–water partition coefficient (Wildman–Crippen LogP) is 3.22. The molecule has 5 heterocycles. The second kappa shape index (κ2) is 10.2. The Labute approximate surface area is 218 Å². The van der Waals surface area contributed by atoms with Crippen molar-refractivity contribution < 1.29 is 9.50 Å². The summed E-state index contributed by atoms with van der Waals surface area (Å²) < 4.78 is 15.0. The Morgan fingerprint density at radius 3 is 2.42 bits per heavy atom. The lowest BCUT2D eigenvalue weighted by Gasteiger charge is -2.35. The van der Waals surface area contributed by atoms with Crippen molar-refractivity contribution in [2.24, 2.45) is 0 Å². The van der Waals surface area contributed by atoms with Crippen molar-refractivity contribution in [3.63, 3.8) is 0 Å². The van der Waals surface area contributed by atoms with Gasteiger partial charge in [0.05, 0.1) is 30.4 Å². The van der Waals surface area contributed by atoms with Crippen LogP contribution in [0.1, 0.15) is 24.0 Å². The molecule has 1 aromatic carbocycles. The maximum atomic E-state index is 13.3. The van der Waals surface area contributed by atoms with Crippen LogP contribution in [0.5, 0.6) is 0 Å². The van der Waals surface area contributed by atoms with Crippen molar-refractivity contribution in [3.8, 4) is 11.3 Å². The molecule has 1 aliphatic rings. The second-order valence-electron chi connectivity index (χ2n) is 9.42. The third kappa shape index (κ3) is 4.68. The SMILES string of the molecule is CC(c1ccc(F)cc1)c1cnc(N2CCN(c3ncnc4[nH]c(-c5cnn(CCO)c5)cc34)CC2)nc1. The summed E-state index contributed by atoms with van der Waals surface area (Å²) in [5.74, 6) is 1.44. The van der Waals surface area contributed by atoms with Crippen molar-refractivity contribution in [3.05, 3.63) is 78.4 Å². The molecule has 1 fully saturated rings. The van der Waals surface area contributed by atoms with Gasteiger partial charge in [0, 0.05) is 56.3 Å². The van der Waals surface area contributed by atoms with E-state index in [9.17, 15) is 4.39 Å². The zero-order chi connectivity index (χ0) is 26.1. The molecule has 2 N–H and O–H groups in total. The number of nitrogens with one attached hydrogen (secondary N) is 1. The fraction of sp³-hybridized carbons (Fsp3) is 0.296. The summed E-state index contributed by atoms with van der Waals surface area (Å²) in [6, 6.07) is 8.62. The first-order chi connectivity index (χ1) is 18.6. The van der Waals surface area contributed by atoms with E-state index in [0.717, 1.165) is 65.4 Å². The van der Waals surface area contributed by atoms with Crippen LogP contribution in [0.4, 0.5) is 16.2 Å². The van der Waals surface area contributed by atoms with Crippen LogP contribution >= 0.6 is 0 Å². The van der Waals surface area contributed by atoms with Gasteiger partial charge < -0.3 is 19.9 Å². The number of hydrogen-bond acceptors (Lipinski definition) is 8. The molecule has 0 saturated carbocycles. The summed E-state index contributed by atoms with van der Waals surface area (Å²) in [6.07, 6.45) is 8.99. The Morgan fingerprint density at radius 2 is 1.68 bits per heavy atom. The smallest absolute Gasteiger partial charge is 0.225 e. The van der Waals surface area contributed by atoms with Crippen LogP contribution in [-0.4, -0.2) is 72.6 Å². The molecular formula is C27H28FN9O. The summed E-state index contributed by atoms with van der Waals surface area (Å²) in [7, 11) is 0. The van der Waals surface area contributed by atoms with E-state index < -0.39 is 0 Å². The lowest BCUT2D eigenvalue weighted by molar-refractivity contribution is 0.269. The number of aromatic amines is 1. The Hall–Kier alpha value is -4.38. The molecule has 0 spiro atoms. The third-order valence-electron chi connectivity index (χ3n) is 7.07. The summed E-state index contributed by atoms with van der Waals surface area (Å²) in [6.45, 7) is 5.65. The monoisotopic (exact) mass is 513 g/mol. The van der Waals surface area contributed by atoms with Crippen molar-refractivity contribution >= 4 is 22.8 Å². The number of H-pyrrole nitrogens is 1. The number of nitrogens with zero attached hydrogens (tertiary/aromatic N) is 8. The highest BCUT2D eigenvalue weighted by atomic mass is 19.1. The van der Waals surface area contributed by atoms with Gasteiger partial charge in [-0.05, 0) is 29.3 Å². The molecule has 10 nitrogen and oxygen atoms in total. The molecule has 38 heavy (non-hydrogen) atoms. The van der Waals surface area contributed by atoms with E-state index in [-0.39, 0.29) is 18.3 Å². The Balaban J connectivity index is 1.14. The molecule has 4 aromatic heterocycles. The van der Waals surface area contributed by atoms with Crippen LogP contribution in [0.3, 0.4) is 0 Å². The molecule has 1 aliphatic heterocycles. The van der Waals surface area contributed by atoms with Gasteiger partial charge in [-0.3, -0.25) is 4.68 Å². The first kappa shape index (κ1) is 24.0. The number of halogens is 1. The predicted molar refractivity (Wildman–Crippen MR) is 143 cm³/mol. The van der Waals surface area contributed by atoms with E-state index >= 15 is 0 Å². The van der Waals surface area contributed by atoms with Crippen LogP contribution in [0.2, 0.25) is 0 Å². The summed E-state index contributed by atoms with van der Waals surface area (Å²) in [4.78, 5) is 26.1. The molecule has 5 aromatic rings. The first-order valence-electron chi connectivity index (χ1n) is 12.6. The minimum Gasteiger partial charge on any atom is -0.394 e. The highest BCUT2D eigenvalue weighted by Gasteiger charge is 2.23. The quantitative estimate of drug-likeness (QED) is 0.341. The lowest BCUT2D eigenvalue weighted by Crippen LogP contribution is -2.47. The molecule has 1 saturated heterocycles. The molecule has 0 aliphatic carbocycles. The van der Waals surface area contributed by atoms with Gasteiger partial charge in [0.1, 0.15) is 23.6 Å². The van der Waals surface area contributed by atoms with Gasteiger partial charge in [0.15, 0.2) is 0 Å². The molecule has 6 rings (SSSR count). The maximum Gasteiger partial charge on any atom is 0.225 e. The number of aromatic nitrogens is 7. The molecule has 1 atom stereocenters. The number of aliphatic hydroxyl groups is 1. The van der Waals surface area contributed by atoms with Crippen molar-refractivity contribution in [2.75, 3.05) is 42.6 Å². The number of piperazine rings is 1. The minimum absolute atomic E-state index is 0.0414. The standard InChI is InChI=1S/C27H28FN9O/c1-18(19-2-4-22(28)5-3-19)20-13-29-27(30-14-20)36-8-6-35(7-9-36)26-23-12-24(34-25(23)31-17-32-26)21-15-33-37(16-21)10-11-38/h2-5,12-18,38H,6-11H2,1H3,(H,31,32,34). The van der Waals surface area contributed by atoms with Gasteiger partial charge >= 0.3 is 0 Å². The highest BCUT2D eigenvalue weighted by molar-refractivity contribution is 5.91. The van der Waals surface area contributed by atoms with Crippen molar-refractivity contribution in [1.29, 1.82) is 0 Å². The summed E-state index contributed by atoms with van der Waals surface area (Å²) in [5, 5.41) is 14.4. The van der Waals surface area contributed by atoms with Crippen LogP contribution in [-0.2, 0) is 6.54 Å². The largest absolute Gasteiger partial charge is 0.394 e. The molecule has 0 amide bonds. The summed E-state index contributed by atoms with van der Waals surface area (Å²) in [5.41, 5.74) is 4.64. The van der Waals surface area contributed by atoms with E-state index in [1.165, 1.54) is 12.1 Å². The van der Waals surface area contributed by atoms with E-state index in [2.05, 4.69) is 52.8 Å². The van der Waals surface area contributed by atoms with Gasteiger partial charge in [-0.2, -0.15) is 5.10 Å². The zero-order valence-corrected chi connectivity index (χ0v) is 21.0. The van der Waals surface area contributed by atoms with Gasteiger partial charge in [0.25, 0.3) is 0 Å². The molecular weight excluding hydrogens is 485 g/mol. The second-order valence-corrected chi connectivity index (χ2v) is 9.42. The molecule has 1 unspecified atom stereocenters. The van der Waals surface area contributed by atoms with Crippen molar-refractivity contribution in [1.82, 2.24) is 34.7 Å². The Bertz CT molecular complexity index is 1520. The number of rotatable bonds is 7. The van der Waals surface area contributed by atoms with E-state index in [0.29, 0.717) is 12.5 Å². The topological polar surface area (TPSA) is 112 Å². The van der Waals surface area contributed by atoms with Gasteiger partial charge in [0.2, 0.25) is 5.95 Å². The maximum absolute atomic E-state index is 13.3. The minimum atomic E-state index is -0.238. The van der Waals surface area contributed by atoms with E-state index in [4.69, 9.17) is 5.11 Å². The average Bonchev–Trinajstić information content (AvgIpc) is 3.61. The van der Waals surface area contributed by atoms with E-state index in [1.54, 1.807) is 29.3 Å². The zero-order valence-electron chi connectivity index (χ0n) is 21.0. The normalized spacial score (nSPS) is 14.8. The van der Waals surface area contributed by atoms with Crippen LogP contribution in [0.25, 0.3) is 22.3 Å². The van der Waals surface area contributed by atoms with Crippen LogP contribution in [0, 0.1) is 5.82 Å². The molecule has 0 bridgehead atoms. The van der Waals surface area contributed by atoms with Gasteiger partial charge in [-0.1, -0.05) is 19.1 Å². The highest BCUT2D eigenvalue weighted by Crippen LogP contribution is 2.30. The fourth-order valence-electron chi connectivity index (χ4n) is 4.84. The Kier molecular flexibility index (Phi) is 6.42. The molecule has 194 valence electrons. The summed E-state index contributed by atoms with van der Waals surface area (Å²) >= 11 is 0. The number of hydrogen-bond donors (Lipinski definition) is 2. The van der Waals surface area contributed by atoms with Crippen LogP contribution in [0.15, 0.2) is 61.4 Å². The van der Waals surface area contributed by atoms with Crippen LogP contribution < -0.4 is 9.80 Å². The number of fused-ring (bicyclic) bond motifs is 1. The first-order valence-corrected chi connectivity index (χ1v) is 12.6. The number of benzene rings is 1. The number of anilines is 2. The number of aliphatic hydroxyl groups excluding tert-OH is 1. The Morgan fingerprint density at radius 1 is 0.947 bits per heavy atom. The third-order valence-corrected chi connectivity index (χ3v) is 7.07. The lowest BCUT2D eigenvalue weighted by atomic mass is 9.95. The fourth-order valence-corrected chi connectivity index (χ4v) is 4.84. The molecule has 0 radical (unpaired) electrons. The van der Waals surface area contributed by atoms with Gasteiger partial charge in [-0.25, -0.2) is 24.3 Å². The molecule has 11 heteroatoms. The average molecular weight is 514 g/mol. The van der Waals surface area contributed by atoms with Crippen molar-refractivity contribution in [2.45, 2.75) is 19.4 Å². The van der Waals surface area contributed by atoms with Gasteiger partial charge in [-0.15, -0.1) is 0 Å².